The van der Waals surface area contributed by atoms with Crippen LogP contribution in [0.2, 0.25) is 18.6 Å². The Kier molecular flexibility index (Phi) is 3.25. The normalized spacial score (nSPS) is 22.9. The summed E-state index contributed by atoms with van der Waals surface area (Å²) >= 11 is 6.37. The van der Waals surface area contributed by atoms with Crippen molar-refractivity contribution in [1.82, 2.24) is 4.81 Å². The summed E-state index contributed by atoms with van der Waals surface area (Å²) in [4.78, 5) is 1.93. The Bertz CT molecular complexity index is 272. The molecule has 0 spiro atoms. The van der Waals surface area contributed by atoms with Crippen molar-refractivity contribution in [1.29, 1.82) is 0 Å². The molecule has 6 heteroatoms. The van der Waals surface area contributed by atoms with Crippen molar-refractivity contribution in [2.24, 2.45) is 0 Å². The molecular weight excluding hydrogens is 228 g/mol. The Hall–Kier alpha value is -0.228. The lowest BCUT2D eigenvalue weighted by Crippen LogP contribution is -2.35. The van der Waals surface area contributed by atoms with Crippen LogP contribution in [0.3, 0.4) is 0 Å². The third kappa shape index (κ3) is 2.66. The van der Waals surface area contributed by atoms with E-state index in [1.54, 1.807) is 0 Å². The van der Waals surface area contributed by atoms with Crippen molar-refractivity contribution >= 4 is 25.7 Å². The van der Waals surface area contributed by atoms with E-state index < -0.39 is 7.38 Å². The van der Waals surface area contributed by atoms with Gasteiger partial charge in [-0.15, -0.1) is 0 Å². The predicted octanol–water partition coefficient (Wildman–Crippen LogP) is 2.18. The second-order valence-corrected chi connectivity index (χ2v) is 11.0. The zero-order chi connectivity index (χ0) is 10.9. The maximum absolute atomic E-state index is 6.37. The average Bonchev–Trinajstić information content (AvgIpc) is 2.69. The third-order valence-corrected chi connectivity index (χ3v) is 5.30. The summed E-state index contributed by atoms with van der Waals surface area (Å²) in [6.45, 7) is 5.63. The summed E-state index contributed by atoms with van der Waals surface area (Å²) in [5.41, 5.74) is 0.386. The van der Waals surface area contributed by atoms with Crippen LogP contribution in [0, 0.1) is 0 Å². The van der Waals surface area contributed by atoms with E-state index in [1.165, 1.54) is 0 Å². The van der Waals surface area contributed by atoms with Gasteiger partial charge in [-0.3, -0.25) is 0 Å². The van der Waals surface area contributed by atoms with Crippen molar-refractivity contribution in [2.45, 2.75) is 18.6 Å². The van der Waals surface area contributed by atoms with Gasteiger partial charge in [-0.25, -0.2) is 0 Å². The van der Waals surface area contributed by atoms with Crippen LogP contribution in [-0.4, -0.2) is 32.7 Å². The molecule has 0 radical (unpaired) electrons. The first-order valence-corrected chi connectivity index (χ1v) is 9.22. The van der Waals surface area contributed by atoms with Gasteiger partial charge in [-0.1, -0.05) is 25.2 Å². The van der Waals surface area contributed by atoms with E-state index in [0.29, 0.717) is 18.8 Å². The van der Waals surface area contributed by atoms with Gasteiger partial charge in [0.15, 0.2) is 7.38 Å². The van der Waals surface area contributed by atoms with Gasteiger partial charge in [0.1, 0.15) is 0 Å². The van der Waals surface area contributed by atoms with Crippen LogP contribution in [-0.2, 0) is 9.31 Å². The minimum Gasteiger partial charge on any atom is -0.389 e. The van der Waals surface area contributed by atoms with Crippen molar-refractivity contribution < 1.29 is 9.31 Å². The van der Waals surface area contributed by atoms with Crippen LogP contribution < -0.4 is 0 Å². The van der Waals surface area contributed by atoms with Gasteiger partial charge in [-0.05, 0) is 12.4 Å². The Morgan fingerprint density at radius 3 is 2.27 bits per heavy atom. The second kappa shape index (κ2) is 4.33. The maximum atomic E-state index is 6.37. The highest BCUT2D eigenvalue weighted by Crippen LogP contribution is 2.31. The number of allylic oxidation sites excluding steroid dienone is 2. The van der Waals surface area contributed by atoms with Crippen molar-refractivity contribution in [3.05, 3.63) is 24.6 Å². The van der Waals surface area contributed by atoms with Crippen LogP contribution in [0.15, 0.2) is 24.6 Å². The third-order valence-electron chi connectivity index (χ3n) is 2.57. The number of nitrogens with zero attached hydrogens (tertiary/aromatic N) is 1. The molecule has 0 bridgehead atoms. The van der Waals surface area contributed by atoms with Crippen molar-refractivity contribution in [3.63, 3.8) is 0 Å². The molecule has 3 nitrogen and oxygen atoms in total. The molecule has 0 aromatic carbocycles. The molecule has 2 rings (SSSR count). The van der Waals surface area contributed by atoms with Gasteiger partial charge in [-0.2, -0.15) is 11.1 Å². The standard InChI is InChI=1S/C9H15BClNO2Si/c1-15(2,11)9-3-5-12(6-4-9)10-13-7-8-14-10/h3-6,9H,7-8H2,1-2H3. The fourth-order valence-corrected chi connectivity index (χ4v) is 3.14. The van der Waals surface area contributed by atoms with Gasteiger partial charge in [0.05, 0.1) is 13.2 Å². The van der Waals surface area contributed by atoms with E-state index in [9.17, 15) is 0 Å². The molecule has 1 saturated heterocycles. The van der Waals surface area contributed by atoms with Gasteiger partial charge >= 0.3 is 7.25 Å². The molecule has 0 amide bonds. The zero-order valence-electron chi connectivity index (χ0n) is 9.02. The quantitative estimate of drug-likeness (QED) is 0.548. The Labute approximate surface area is 96.6 Å². The molecule has 0 aromatic rings. The summed E-state index contributed by atoms with van der Waals surface area (Å²) < 4.78 is 10.8. The van der Waals surface area contributed by atoms with Crippen LogP contribution >= 0.6 is 11.1 Å². The minimum atomic E-state index is -1.64. The van der Waals surface area contributed by atoms with E-state index in [2.05, 4.69) is 25.2 Å². The molecule has 0 aliphatic carbocycles. The molecule has 15 heavy (non-hydrogen) atoms. The lowest BCUT2D eigenvalue weighted by molar-refractivity contribution is 0.323. The number of hydrogen-bond acceptors (Lipinski definition) is 3. The van der Waals surface area contributed by atoms with Crippen LogP contribution in [0.1, 0.15) is 0 Å². The van der Waals surface area contributed by atoms with Gasteiger partial charge in [0.2, 0.25) is 0 Å². The van der Waals surface area contributed by atoms with Crippen LogP contribution in [0.4, 0.5) is 0 Å². The predicted molar refractivity (Wildman–Crippen MR) is 64.9 cm³/mol. The van der Waals surface area contributed by atoms with Crippen LogP contribution in [0.25, 0.3) is 0 Å². The van der Waals surface area contributed by atoms with E-state index in [1.807, 2.05) is 17.2 Å². The highest BCUT2D eigenvalue weighted by Gasteiger charge is 2.33. The molecule has 0 atom stereocenters. The molecule has 2 aliphatic rings. The monoisotopic (exact) mass is 243 g/mol. The molecular formula is C9H15BClNO2Si. The van der Waals surface area contributed by atoms with E-state index in [4.69, 9.17) is 20.4 Å². The zero-order valence-corrected chi connectivity index (χ0v) is 10.8. The molecule has 82 valence electrons. The molecule has 0 saturated carbocycles. The molecule has 2 aliphatic heterocycles. The average molecular weight is 244 g/mol. The topological polar surface area (TPSA) is 21.7 Å². The summed E-state index contributed by atoms with van der Waals surface area (Å²) in [6.07, 6.45) is 8.25. The highest BCUT2D eigenvalue weighted by atomic mass is 35.6. The Morgan fingerprint density at radius 1 is 1.27 bits per heavy atom. The largest absolute Gasteiger partial charge is 0.597 e. The summed E-state index contributed by atoms with van der Waals surface area (Å²) in [6, 6.07) is 0. The number of rotatable bonds is 2. The van der Waals surface area contributed by atoms with Gasteiger partial charge < -0.3 is 14.1 Å². The van der Waals surface area contributed by atoms with E-state index >= 15 is 0 Å². The fourth-order valence-electron chi connectivity index (χ4n) is 1.61. The lowest BCUT2D eigenvalue weighted by Gasteiger charge is -2.27. The molecule has 1 fully saturated rings. The maximum Gasteiger partial charge on any atom is 0.597 e. The highest BCUT2D eigenvalue weighted by molar-refractivity contribution is 7.20. The first-order chi connectivity index (χ1) is 7.07. The molecule has 0 aromatic heterocycles. The van der Waals surface area contributed by atoms with E-state index in [-0.39, 0.29) is 7.25 Å². The Morgan fingerprint density at radius 2 is 1.80 bits per heavy atom. The first-order valence-electron chi connectivity index (χ1n) is 5.13. The molecule has 0 N–H and O–H groups in total. The number of hydrogen-bond donors (Lipinski definition) is 0. The summed E-state index contributed by atoms with van der Waals surface area (Å²) in [5, 5.41) is 0. The van der Waals surface area contributed by atoms with Gasteiger partial charge in [0, 0.05) is 5.54 Å². The summed E-state index contributed by atoms with van der Waals surface area (Å²) in [7, 11) is -1.89. The number of halogens is 1. The van der Waals surface area contributed by atoms with Crippen LogP contribution in [0.5, 0.6) is 0 Å². The minimum absolute atomic E-state index is 0.251. The molecule has 0 unspecified atom stereocenters. The SMILES string of the molecule is C[Si](C)(Cl)C1C=CN(B2OCCO2)C=C1. The second-order valence-electron chi connectivity index (χ2n) is 4.27. The lowest BCUT2D eigenvalue weighted by atomic mass is 10.1. The molecule has 2 heterocycles. The fraction of sp³-hybridized carbons (Fsp3) is 0.556. The smallest absolute Gasteiger partial charge is 0.389 e. The Balaban J connectivity index is 1.97. The van der Waals surface area contributed by atoms with Gasteiger partial charge in [0.25, 0.3) is 0 Å². The van der Waals surface area contributed by atoms with Crippen molar-refractivity contribution in [3.8, 4) is 0 Å². The van der Waals surface area contributed by atoms with E-state index in [0.717, 1.165) is 0 Å². The first kappa shape index (κ1) is 11.3. The summed E-state index contributed by atoms with van der Waals surface area (Å²) in [5.74, 6) is 0. The van der Waals surface area contributed by atoms with Crippen molar-refractivity contribution in [2.75, 3.05) is 13.2 Å².